The van der Waals surface area contributed by atoms with Gasteiger partial charge in [0.2, 0.25) is 0 Å². The third-order valence-electron chi connectivity index (χ3n) is 6.80. The SMILES string of the molecule is Cc1cc(O)cc2c1C[C@H]1[C@H]3CCCC[C@@]23CCN1C(=O)OC(C)(C)C. The van der Waals surface area contributed by atoms with Crippen molar-refractivity contribution in [2.24, 2.45) is 5.92 Å². The Morgan fingerprint density at radius 1 is 1.27 bits per heavy atom. The van der Waals surface area contributed by atoms with Crippen LogP contribution in [0.15, 0.2) is 12.1 Å². The number of rotatable bonds is 0. The van der Waals surface area contributed by atoms with Gasteiger partial charge in [-0.25, -0.2) is 4.79 Å². The molecule has 1 N–H and O–H groups in total. The van der Waals surface area contributed by atoms with Crippen LogP contribution in [-0.2, 0) is 16.6 Å². The van der Waals surface area contributed by atoms with Crippen molar-refractivity contribution in [3.05, 3.63) is 28.8 Å². The van der Waals surface area contributed by atoms with Gasteiger partial charge in [0.25, 0.3) is 0 Å². The molecule has 3 atom stereocenters. The number of amides is 1. The van der Waals surface area contributed by atoms with E-state index >= 15 is 0 Å². The molecule has 4 heteroatoms. The summed E-state index contributed by atoms with van der Waals surface area (Å²) >= 11 is 0. The molecule has 4 rings (SSSR count). The predicted molar refractivity (Wildman–Crippen MR) is 102 cm³/mol. The van der Waals surface area contributed by atoms with Gasteiger partial charge in [-0.1, -0.05) is 12.8 Å². The number of benzene rings is 1. The molecule has 2 fully saturated rings. The molecule has 1 saturated heterocycles. The molecule has 1 aromatic rings. The lowest BCUT2D eigenvalue weighted by Gasteiger charge is -2.59. The minimum Gasteiger partial charge on any atom is -0.508 e. The zero-order valence-electron chi connectivity index (χ0n) is 16.5. The summed E-state index contributed by atoms with van der Waals surface area (Å²) in [6.07, 6.45) is 6.50. The molecule has 2 bridgehead atoms. The third-order valence-corrected chi connectivity index (χ3v) is 6.80. The van der Waals surface area contributed by atoms with Gasteiger partial charge < -0.3 is 14.7 Å². The second kappa shape index (κ2) is 5.90. The van der Waals surface area contributed by atoms with Gasteiger partial charge in [0.05, 0.1) is 0 Å². The lowest BCUT2D eigenvalue weighted by molar-refractivity contribution is -0.0350. The van der Waals surface area contributed by atoms with Gasteiger partial charge in [0.15, 0.2) is 0 Å². The quantitative estimate of drug-likeness (QED) is 0.732. The molecule has 2 aliphatic carbocycles. The van der Waals surface area contributed by atoms with Gasteiger partial charge in [-0.2, -0.15) is 0 Å². The number of hydrogen-bond acceptors (Lipinski definition) is 3. The molecule has 1 aliphatic heterocycles. The van der Waals surface area contributed by atoms with Crippen molar-refractivity contribution in [1.82, 2.24) is 4.90 Å². The summed E-state index contributed by atoms with van der Waals surface area (Å²) in [5, 5.41) is 10.2. The molecule has 1 amide bonds. The Bertz CT molecular complexity index is 736. The minimum absolute atomic E-state index is 0.124. The summed E-state index contributed by atoms with van der Waals surface area (Å²) in [7, 11) is 0. The summed E-state index contributed by atoms with van der Waals surface area (Å²) in [4.78, 5) is 14.9. The van der Waals surface area contributed by atoms with Crippen LogP contribution in [0.25, 0.3) is 0 Å². The molecule has 0 unspecified atom stereocenters. The molecule has 1 saturated carbocycles. The fourth-order valence-corrected chi connectivity index (χ4v) is 5.83. The van der Waals surface area contributed by atoms with Crippen molar-refractivity contribution < 1.29 is 14.6 Å². The second-order valence-corrected chi connectivity index (χ2v) is 9.49. The number of aromatic hydroxyl groups is 1. The maximum absolute atomic E-state index is 12.9. The fraction of sp³-hybridized carbons (Fsp3) is 0.682. The van der Waals surface area contributed by atoms with E-state index in [1.807, 2.05) is 37.8 Å². The van der Waals surface area contributed by atoms with Crippen LogP contribution >= 0.6 is 0 Å². The highest BCUT2D eigenvalue weighted by atomic mass is 16.6. The number of likely N-dealkylation sites (tertiary alicyclic amines) is 1. The van der Waals surface area contributed by atoms with E-state index in [1.165, 1.54) is 30.4 Å². The summed E-state index contributed by atoms with van der Waals surface area (Å²) in [5.41, 5.74) is 3.52. The van der Waals surface area contributed by atoms with Crippen LogP contribution in [0.5, 0.6) is 5.75 Å². The first-order valence-electron chi connectivity index (χ1n) is 10.0. The van der Waals surface area contributed by atoms with Crippen LogP contribution < -0.4 is 0 Å². The normalized spacial score (nSPS) is 30.4. The maximum Gasteiger partial charge on any atom is 0.410 e. The fourth-order valence-electron chi connectivity index (χ4n) is 5.83. The average molecular weight is 357 g/mol. The van der Waals surface area contributed by atoms with Crippen molar-refractivity contribution >= 4 is 6.09 Å². The first-order chi connectivity index (χ1) is 12.2. The molecule has 0 aromatic heterocycles. The van der Waals surface area contributed by atoms with Crippen LogP contribution in [0.3, 0.4) is 0 Å². The lowest BCUT2D eigenvalue weighted by Crippen LogP contribution is -2.62. The van der Waals surface area contributed by atoms with Crippen LogP contribution in [0.2, 0.25) is 0 Å². The number of ether oxygens (including phenoxy) is 1. The molecular weight excluding hydrogens is 326 g/mol. The topological polar surface area (TPSA) is 49.8 Å². The number of carbonyl (C=O) groups excluding carboxylic acids is 1. The van der Waals surface area contributed by atoms with Gasteiger partial charge in [-0.05, 0) is 88.1 Å². The Labute approximate surface area is 156 Å². The highest BCUT2D eigenvalue weighted by molar-refractivity contribution is 5.69. The predicted octanol–water partition coefficient (Wildman–Crippen LogP) is 4.69. The van der Waals surface area contributed by atoms with Crippen LogP contribution in [0.1, 0.15) is 69.6 Å². The number of carbonyl (C=O) groups is 1. The van der Waals surface area contributed by atoms with Crippen LogP contribution in [0, 0.1) is 12.8 Å². The van der Waals surface area contributed by atoms with Gasteiger partial charge in [0, 0.05) is 18.0 Å². The minimum atomic E-state index is -0.466. The van der Waals surface area contributed by atoms with E-state index < -0.39 is 5.60 Å². The number of piperidine rings is 1. The highest BCUT2D eigenvalue weighted by Gasteiger charge is 2.55. The van der Waals surface area contributed by atoms with E-state index in [4.69, 9.17) is 4.74 Å². The van der Waals surface area contributed by atoms with E-state index in [1.54, 1.807) is 0 Å². The van der Waals surface area contributed by atoms with E-state index in [0.29, 0.717) is 11.7 Å². The van der Waals surface area contributed by atoms with E-state index in [0.717, 1.165) is 31.4 Å². The summed E-state index contributed by atoms with van der Waals surface area (Å²) < 4.78 is 5.73. The van der Waals surface area contributed by atoms with Crippen LogP contribution in [-0.4, -0.2) is 34.3 Å². The Kier molecular flexibility index (Phi) is 4.01. The molecular formula is C22H31NO3. The average Bonchev–Trinajstić information content (AvgIpc) is 2.54. The monoisotopic (exact) mass is 357 g/mol. The number of phenolic OH excluding ortho intramolecular Hbond substituents is 1. The van der Waals surface area contributed by atoms with Gasteiger partial charge in [-0.3, -0.25) is 0 Å². The van der Waals surface area contributed by atoms with E-state index in [2.05, 4.69) is 6.92 Å². The number of aryl methyl sites for hydroxylation is 1. The molecule has 1 aromatic carbocycles. The molecule has 1 heterocycles. The lowest BCUT2D eigenvalue weighted by atomic mass is 9.52. The smallest absolute Gasteiger partial charge is 0.410 e. The number of fused-ring (bicyclic) bond motifs is 1. The molecule has 4 nitrogen and oxygen atoms in total. The molecule has 0 spiro atoms. The molecule has 0 radical (unpaired) electrons. The number of nitrogens with zero attached hydrogens (tertiary/aromatic N) is 1. The zero-order valence-corrected chi connectivity index (χ0v) is 16.5. The largest absolute Gasteiger partial charge is 0.508 e. The zero-order chi connectivity index (χ0) is 18.7. The maximum atomic E-state index is 12.9. The van der Waals surface area contributed by atoms with Gasteiger partial charge in [0.1, 0.15) is 11.4 Å². The highest BCUT2D eigenvalue weighted by Crippen LogP contribution is 2.56. The Hall–Kier alpha value is -1.71. The standard InChI is InChI=1S/C22H31NO3/c1-14-11-15(24)12-18-16(14)13-19-17-7-5-6-8-22(17,18)9-10-23(19)20(25)26-21(2,3)4/h11-12,17,19,24H,5-10,13H2,1-4H3/t17-,19+,22+/m1/s1. The summed E-state index contributed by atoms with van der Waals surface area (Å²) in [6, 6.07) is 4.10. The van der Waals surface area contributed by atoms with Crippen molar-refractivity contribution in [1.29, 1.82) is 0 Å². The molecule has 142 valence electrons. The van der Waals surface area contributed by atoms with E-state index in [9.17, 15) is 9.90 Å². The number of phenols is 1. The second-order valence-electron chi connectivity index (χ2n) is 9.49. The summed E-state index contributed by atoms with van der Waals surface area (Å²) in [6.45, 7) is 8.64. The van der Waals surface area contributed by atoms with E-state index in [-0.39, 0.29) is 17.6 Å². The van der Waals surface area contributed by atoms with Crippen molar-refractivity contribution in [3.8, 4) is 5.75 Å². The Morgan fingerprint density at radius 2 is 2.04 bits per heavy atom. The number of hydrogen-bond donors (Lipinski definition) is 1. The molecule has 26 heavy (non-hydrogen) atoms. The first kappa shape index (κ1) is 17.7. The van der Waals surface area contributed by atoms with Crippen molar-refractivity contribution in [3.63, 3.8) is 0 Å². The van der Waals surface area contributed by atoms with Crippen molar-refractivity contribution in [2.45, 2.75) is 83.3 Å². The third kappa shape index (κ3) is 2.69. The van der Waals surface area contributed by atoms with Gasteiger partial charge >= 0.3 is 6.09 Å². The summed E-state index contributed by atoms with van der Waals surface area (Å²) in [5.74, 6) is 0.860. The Morgan fingerprint density at radius 3 is 2.77 bits per heavy atom. The Balaban J connectivity index is 1.76. The van der Waals surface area contributed by atoms with Crippen LogP contribution in [0.4, 0.5) is 4.79 Å². The van der Waals surface area contributed by atoms with Gasteiger partial charge in [-0.15, -0.1) is 0 Å². The molecule has 3 aliphatic rings. The first-order valence-corrected chi connectivity index (χ1v) is 10.0. The van der Waals surface area contributed by atoms with Crippen molar-refractivity contribution in [2.75, 3.05) is 6.54 Å².